The predicted molar refractivity (Wildman–Crippen MR) is 52.5 cm³/mol. The van der Waals surface area contributed by atoms with Gasteiger partial charge in [-0.05, 0) is 12.1 Å². The topological polar surface area (TPSA) is 60.2 Å². The number of nitrogens with zero attached hydrogens (tertiary/aromatic N) is 1. The van der Waals surface area contributed by atoms with E-state index in [1.807, 2.05) is 12.1 Å². The summed E-state index contributed by atoms with van der Waals surface area (Å²) in [7, 11) is 1.68. The van der Waals surface area contributed by atoms with E-state index in [0.717, 1.165) is 17.9 Å². The van der Waals surface area contributed by atoms with Crippen LogP contribution in [0.1, 0.15) is 5.69 Å². The molecular formula is C9H15N3O. The Morgan fingerprint density at radius 2 is 2.46 bits per heavy atom. The summed E-state index contributed by atoms with van der Waals surface area (Å²) in [6.45, 7) is 1.96. The smallest absolute Gasteiger partial charge is 0.0635 e. The van der Waals surface area contributed by atoms with Crippen LogP contribution in [0.4, 0.5) is 5.69 Å². The average Bonchev–Trinajstić information content (AvgIpc) is 2.19. The zero-order valence-corrected chi connectivity index (χ0v) is 7.79. The lowest BCUT2D eigenvalue weighted by Crippen LogP contribution is -2.08. The molecule has 0 aliphatic rings. The van der Waals surface area contributed by atoms with Gasteiger partial charge in [0.2, 0.25) is 0 Å². The molecule has 0 aliphatic carbocycles. The van der Waals surface area contributed by atoms with Crippen molar-refractivity contribution in [2.45, 2.75) is 6.54 Å². The number of aromatic nitrogens is 1. The third kappa shape index (κ3) is 3.40. The van der Waals surface area contributed by atoms with Crippen LogP contribution >= 0.6 is 0 Å². The van der Waals surface area contributed by atoms with Crippen molar-refractivity contribution in [3.05, 3.63) is 24.0 Å². The van der Waals surface area contributed by atoms with Gasteiger partial charge in [0.25, 0.3) is 0 Å². The highest BCUT2D eigenvalue weighted by Crippen LogP contribution is 2.06. The fourth-order valence-corrected chi connectivity index (χ4v) is 0.997. The molecule has 1 aromatic rings. The van der Waals surface area contributed by atoms with Crippen LogP contribution in [-0.2, 0) is 11.3 Å². The summed E-state index contributed by atoms with van der Waals surface area (Å²) in [6.07, 6.45) is 1.75. The van der Waals surface area contributed by atoms with Crippen LogP contribution in [0.2, 0.25) is 0 Å². The van der Waals surface area contributed by atoms with Gasteiger partial charge in [-0.15, -0.1) is 0 Å². The molecule has 0 saturated carbocycles. The molecule has 3 N–H and O–H groups in total. The molecule has 1 rings (SSSR count). The first-order valence-corrected chi connectivity index (χ1v) is 4.24. The highest BCUT2D eigenvalue weighted by atomic mass is 16.5. The standard InChI is InChI=1S/C9H15N3O/c1-13-5-4-12-8-2-3-11-9(6-8)7-10/h2-3,6H,4-5,7,10H2,1H3,(H,11,12). The Morgan fingerprint density at radius 3 is 3.15 bits per heavy atom. The SMILES string of the molecule is COCCNc1ccnc(CN)c1. The minimum atomic E-state index is 0.472. The molecule has 0 fully saturated rings. The minimum absolute atomic E-state index is 0.472. The number of hydrogen-bond acceptors (Lipinski definition) is 4. The van der Waals surface area contributed by atoms with Gasteiger partial charge in [0.1, 0.15) is 0 Å². The molecule has 0 spiro atoms. The Bertz CT molecular complexity index is 252. The highest BCUT2D eigenvalue weighted by molar-refractivity contribution is 5.42. The molecule has 4 nitrogen and oxygen atoms in total. The number of pyridine rings is 1. The van der Waals surface area contributed by atoms with E-state index < -0.39 is 0 Å². The zero-order valence-electron chi connectivity index (χ0n) is 7.79. The largest absolute Gasteiger partial charge is 0.383 e. The molecule has 0 radical (unpaired) electrons. The number of nitrogens with one attached hydrogen (secondary N) is 1. The number of rotatable bonds is 5. The monoisotopic (exact) mass is 181 g/mol. The maximum absolute atomic E-state index is 5.46. The van der Waals surface area contributed by atoms with Gasteiger partial charge in [0.15, 0.2) is 0 Å². The Kier molecular flexibility index (Phi) is 4.21. The van der Waals surface area contributed by atoms with E-state index in [-0.39, 0.29) is 0 Å². The maximum Gasteiger partial charge on any atom is 0.0635 e. The van der Waals surface area contributed by atoms with Crippen molar-refractivity contribution < 1.29 is 4.74 Å². The van der Waals surface area contributed by atoms with Crippen LogP contribution in [0, 0.1) is 0 Å². The molecule has 72 valence electrons. The average molecular weight is 181 g/mol. The van der Waals surface area contributed by atoms with Crippen molar-refractivity contribution in [1.82, 2.24) is 4.98 Å². The summed E-state index contributed by atoms with van der Waals surface area (Å²) in [6, 6.07) is 3.85. The van der Waals surface area contributed by atoms with Gasteiger partial charge >= 0.3 is 0 Å². The Labute approximate surface area is 78.1 Å². The molecule has 0 amide bonds. The van der Waals surface area contributed by atoms with E-state index >= 15 is 0 Å². The first-order valence-electron chi connectivity index (χ1n) is 4.24. The fraction of sp³-hybridized carbons (Fsp3) is 0.444. The second-order valence-electron chi connectivity index (χ2n) is 2.66. The molecule has 0 aliphatic heterocycles. The molecule has 0 saturated heterocycles. The van der Waals surface area contributed by atoms with Gasteiger partial charge in [-0.3, -0.25) is 4.98 Å². The predicted octanol–water partition coefficient (Wildman–Crippen LogP) is 0.599. The number of anilines is 1. The van der Waals surface area contributed by atoms with Crippen molar-refractivity contribution in [1.29, 1.82) is 0 Å². The van der Waals surface area contributed by atoms with Gasteiger partial charge in [0, 0.05) is 32.1 Å². The Hall–Kier alpha value is -1.13. The van der Waals surface area contributed by atoms with Crippen molar-refractivity contribution in [2.24, 2.45) is 5.73 Å². The van der Waals surface area contributed by atoms with Crippen molar-refractivity contribution >= 4 is 5.69 Å². The van der Waals surface area contributed by atoms with Crippen LogP contribution < -0.4 is 11.1 Å². The zero-order chi connectivity index (χ0) is 9.52. The third-order valence-corrected chi connectivity index (χ3v) is 1.66. The molecule has 0 unspecified atom stereocenters. The highest BCUT2D eigenvalue weighted by Gasteiger charge is 1.93. The second kappa shape index (κ2) is 5.50. The van der Waals surface area contributed by atoms with Gasteiger partial charge in [0.05, 0.1) is 12.3 Å². The fourth-order valence-electron chi connectivity index (χ4n) is 0.997. The Morgan fingerprint density at radius 1 is 1.62 bits per heavy atom. The van der Waals surface area contributed by atoms with Crippen LogP contribution in [0.25, 0.3) is 0 Å². The normalized spacial score (nSPS) is 10.0. The van der Waals surface area contributed by atoms with Crippen LogP contribution in [0.15, 0.2) is 18.3 Å². The second-order valence-corrected chi connectivity index (χ2v) is 2.66. The first kappa shape index (κ1) is 9.95. The summed E-state index contributed by atoms with van der Waals surface area (Å²) in [4.78, 5) is 4.09. The number of hydrogen-bond donors (Lipinski definition) is 2. The third-order valence-electron chi connectivity index (χ3n) is 1.66. The molecule has 0 bridgehead atoms. The lowest BCUT2D eigenvalue weighted by Gasteiger charge is -2.05. The van der Waals surface area contributed by atoms with Gasteiger partial charge in [-0.1, -0.05) is 0 Å². The molecule has 1 heterocycles. The number of methoxy groups -OCH3 is 1. The quantitative estimate of drug-likeness (QED) is 0.653. The van der Waals surface area contributed by atoms with Crippen LogP contribution in [-0.4, -0.2) is 25.2 Å². The maximum atomic E-state index is 5.46. The van der Waals surface area contributed by atoms with E-state index in [1.54, 1.807) is 13.3 Å². The van der Waals surface area contributed by atoms with Gasteiger partial charge in [-0.25, -0.2) is 0 Å². The lowest BCUT2D eigenvalue weighted by molar-refractivity contribution is 0.211. The van der Waals surface area contributed by atoms with E-state index in [0.29, 0.717) is 13.2 Å². The molecule has 4 heteroatoms. The van der Waals surface area contributed by atoms with E-state index in [4.69, 9.17) is 10.5 Å². The van der Waals surface area contributed by atoms with E-state index in [2.05, 4.69) is 10.3 Å². The number of ether oxygens (including phenoxy) is 1. The van der Waals surface area contributed by atoms with E-state index in [1.165, 1.54) is 0 Å². The summed E-state index contributed by atoms with van der Waals surface area (Å²) < 4.78 is 4.92. The van der Waals surface area contributed by atoms with E-state index in [9.17, 15) is 0 Å². The molecule has 1 aromatic heterocycles. The molecule has 0 aromatic carbocycles. The van der Waals surface area contributed by atoms with Crippen LogP contribution in [0.3, 0.4) is 0 Å². The summed E-state index contributed by atoms with van der Waals surface area (Å²) in [5, 5.41) is 3.20. The Balaban J connectivity index is 2.46. The first-order chi connectivity index (χ1) is 6.36. The minimum Gasteiger partial charge on any atom is -0.383 e. The van der Waals surface area contributed by atoms with Crippen molar-refractivity contribution in [2.75, 3.05) is 25.6 Å². The molecule has 13 heavy (non-hydrogen) atoms. The summed E-state index contributed by atoms with van der Waals surface area (Å²) >= 11 is 0. The summed E-state index contributed by atoms with van der Waals surface area (Å²) in [5.74, 6) is 0. The summed E-state index contributed by atoms with van der Waals surface area (Å²) in [5.41, 5.74) is 7.38. The molecule has 0 atom stereocenters. The van der Waals surface area contributed by atoms with Gasteiger partial charge in [-0.2, -0.15) is 0 Å². The molecular weight excluding hydrogens is 166 g/mol. The number of nitrogens with two attached hydrogens (primary N) is 1. The van der Waals surface area contributed by atoms with Crippen molar-refractivity contribution in [3.8, 4) is 0 Å². The lowest BCUT2D eigenvalue weighted by atomic mass is 10.3. The van der Waals surface area contributed by atoms with Crippen molar-refractivity contribution in [3.63, 3.8) is 0 Å². The van der Waals surface area contributed by atoms with Gasteiger partial charge < -0.3 is 15.8 Å². The van der Waals surface area contributed by atoms with Crippen LogP contribution in [0.5, 0.6) is 0 Å².